The molecule has 0 spiro atoms. The summed E-state index contributed by atoms with van der Waals surface area (Å²) in [5.74, 6) is 1.40. The lowest BCUT2D eigenvalue weighted by Crippen LogP contribution is -2.34. The lowest BCUT2D eigenvalue weighted by atomic mass is 9.86. The van der Waals surface area contributed by atoms with Crippen molar-refractivity contribution < 1.29 is 0 Å². The fourth-order valence-electron chi connectivity index (χ4n) is 3.22. The van der Waals surface area contributed by atoms with Crippen molar-refractivity contribution in [2.75, 3.05) is 25.5 Å². The molecule has 0 aromatic heterocycles. The highest BCUT2D eigenvalue weighted by Crippen LogP contribution is 2.25. The second-order valence-electron chi connectivity index (χ2n) is 7.39. The number of halogens is 2. The smallest absolute Gasteiger partial charge is 0.0315 e. The molecule has 1 aromatic rings. The quantitative estimate of drug-likeness (QED) is 0.634. The van der Waals surface area contributed by atoms with Gasteiger partial charge in [-0.2, -0.15) is 0 Å². The predicted octanol–water partition coefficient (Wildman–Crippen LogP) is 5.29. The summed E-state index contributed by atoms with van der Waals surface area (Å²) in [4.78, 5) is 2.64. The van der Waals surface area contributed by atoms with Crippen molar-refractivity contribution in [1.82, 2.24) is 4.90 Å². The maximum Gasteiger partial charge on any atom is 0.0315 e. The molecule has 2 rings (SSSR count). The number of hydrogen-bond donors (Lipinski definition) is 0. The number of alkyl halides is 1. The third kappa shape index (κ3) is 5.76. The van der Waals surface area contributed by atoms with Crippen molar-refractivity contribution in [3.63, 3.8) is 0 Å². The summed E-state index contributed by atoms with van der Waals surface area (Å²) in [5, 5.41) is 0. The average molecular weight is 344 g/mol. The largest absolute Gasteiger partial charge is 0.303 e. The van der Waals surface area contributed by atoms with Gasteiger partial charge in [-0.3, -0.25) is 0 Å². The maximum atomic E-state index is 6.05. The number of likely N-dealkylation sites (tertiary alicyclic amines) is 1. The van der Waals surface area contributed by atoms with Gasteiger partial charge in [-0.1, -0.05) is 51.5 Å². The molecule has 1 atom stereocenters. The Morgan fingerprint density at radius 1 is 1.09 bits per heavy atom. The van der Waals surface area contributed by atoms with Crippen LogP contribution in [0.1, 0.15) is 51.2 Å². The first-order chi connectivity index (χ1) is 10.0. The fourth-order valence-corrected chi connectivity index (χ4v) is 3.37. The third-order valence-electron chi connectivity index (χ3n) is 4.67. The van der Waals surface area contributed by atoms with Crippen LogP contribution in [-0.2, 0) is 11.8 Å². The van der Waals surface area contributed by atoms with Crippen molar-refractivity contribution in [1.29, 1.82) is 0 Å². The lowest BCUT2D eigenvalue weighted by molar-refractivity contribution is 0.200. The van der Waals surface area contributed by atoms with Gasteiger partial charge in [0.2, 0.25) is 0 Å². The number of nitrogens with zero attached hydrogens (tertiary/aromatic N) is 1. The van der Waals surface area contributed by atoms with E-state index in [0.29, 0.717) is 5.88 Å². The molecule has 0 saturated carbocycles. The normalized spacial score (nSPS) is 17.8. The van der Waals surface area contributed by atoms with Crippen molar-refractivity contribution in [3.05, 3.63) is 35.4 Å². The topological polar surface area (TPSA) is 3.24 Å². The number of hydrogen-bond acceptors (Lipinski definition) is 1. The van der Waals surface area contributed by atoms with E-state index in [2.05, 4.69) is 49.9 Å². The molecule has 1 saturated heterocycles. The highest BCUT2D eigenvalue weighted by Gasteiger charge is 2.19. The average Bonchev–Trinajstić information content (AvgIpc) is 2.48. The summed E-state index contributed by atoms with van der Waals surface area (Å²) in [6, 6.07) is 9.09. The highest BCUT2D eigenvalue weighted by atomic mass is 35.5. The van der Waals surface area contributed by atoms with Gasteiger partial charge < -0.3 is 4.90 Å². The predicted molar refractivity (Wildman–Crippen MR) is 101 cm³/mol. The number of benzene rings is 1. The Labute approximate surface area is 147 Å². The van der Waals surface area contributed by atoms with Crippen LogP contribution in [0, 0.1) is 5.92 Å². The van der Waals surface area contributed by atoms with Gasteiger partial charge in [0.05, 0.1) is 0 Å². The van der Waals surface area contributed by atoms with E-state index in [0.717, 1.165) is 5.92 Å². The Morgan fingerprint density at radius 2 is 1.68 bits per heavy atom. The molecule has 0 radical (unpaired) electrons. The summed E-state index contributed by atoms with van der Waals surface area (Å²) >= 11 is 6.05. The van der Waals surface area contributed by atoms with E-state index in [9.17, 15) is 0 Å². The standard InChI is InChI=1S/C19H30ClN.ClH/c1-16(14-21-11-5-4-6-12-21)13-17-7-9-18(10-8-17)19(2,3)15-20;/h7-10,16H,4-6,11-15H2,1-3H3;1H. The van der Waals surface area contributed by atoms with Crippen LogP contribution >= 0.6 is 24.0 Å². The second kappa shape index (κ2) is 9.15. The van der Waals surface area contributed by atoms with Crippen LogP contribution < -0.4 is 0 Å². The van der Waals surface area contributed by atoms with Crippen molar-refractivity contribution in [3.8, 4) is 0 Å². The van der Waals surface area contributed by atoms with Gasteiger partial charge >= 0.3 is 0 Å². The van der Waals surface area contributed by atoms with Crippen LogP contribution in [0.2, 0.25) is 0 Å². The Balaban J connectivity index is 0.00000242. The minimum absolute atomic E-state index is 0. The molecule has 1 aromatic carbocycles. The molecule has 0 amide bonds. The summed E-state index contributed by atoms with van der Waals surface area (Å²) < 4.78 is 0. The number of piperidine rings is 1. The number of rotatable bonds is 6. The zero-order chi connectivity index (χ0) is 15.3. The molecule has 3 heteroatoms. The van der Waals surface area contributed by atoms with Crippen LogP contribution in [0.5, 0.6) is 0 Å². The first-order valence-electron chi connectivity index (χ1n) is 8.39. The maximum absolute atomic E-state index is 6.05. The minimum atomic E-state index is 0. The monoisotopic (exact) mass is 343 g/mol. The Kier molecular flexibility index (Phi) is 8.24. The summed E-state index contributed by atoms with van der Waals surface area (Å²) in [6.45, 7) is 10.6. The van der Waals surface area contributed by atoms with Crippen LogP contribution in [-0.4, -0.2) is 30.4 Å². The van der Waals surface area contributed by atoms with Gasteiger partial charge in [-0.15, -0.1) is 24.0 Å². The Hall–Kier alpha value is -0.240. The molecule has 126 valence electrons. The molecule has 1 aliphatic heterocycles. The van der Waals surface area contributed by atoms with Gasteiger partial charge in [-0.05, 0) is 49.4 Å². The summed E-state index contributed by atoms with van der Waals surface area (Å²) in [7, 11) is 0. The molecule has 1 nitrogen and oxygen atoms in total. The first-order valence-corrected chi connectivity index (χ1v) is 8.92. The van der Waals surface area contributed by atoms with E-state index < -0.39 is 0 Å². The third-order valence-corrected chi connectivity index (χ3v) is 5.34. The molecule has 1 aliphatic rings. The zero-order valence-corrected chi connectivity index (χ0v) is 15.8. The van der Waals surface area contributed by atoms with E-state index in [1.54, 1.807) is 0 Å². The van der Waals surface area contributed by atoms with Crippen molar-refractivity contribution in [2.45, 2.75) is 51.9 Å². The SMILES string of the molecule is CC(Cc1ccc(C(C)(C)CCl)cc1)CN1CCCCC1.Cl. The molecular formula is C19H31Cl2N. The molecular weight excluding hydrogens is 313 g/mol. The van der Waals surface area contributed by atoms with E-state index >= 15 is 0 Å². The molecule has 0 N–H and O–H groups in total. The highest BCUT2D eigenvalue weighted by molar-refractivity contribution is 6.18. The molecule has 1 unspecified atom stereocenters. The zero-order valence-electron chi connectivity index (χ0n) is 14.3. The Bertz CT molecular complexity index is 422. The van der Waals surface area contributed by atoms with Gasteiger partial charge in [0.1, 0.15) is 0 Å². The van der Waals surface area contributed by atoms with Crippen LogP contribution in [0.25, 0.3) is 0 Å². The second-order valence-corrected chi connectivity index (χ2v) is 7.65. The molecule has 0 aliphatic carbocycles. The molecule has 0 bridgehead atoms. The fraction of sp³-hybridized carbons (Fsp3) is 0.684. The Morgan fingerprint density at radius 3 is 2.23 bits per heavy atom. The van der Waals surface area contributed by atoms with Gasteiger partial charge in [-0.25, -0.2) is 0 Å². The van der Waals surface area contributed by atoms with Crippen molar-refractivity contribution >= 4 is 24.0 Å². The molecule has 1 heterocycles. The van der Waals surface area contributed by atoms with E-state index in [4.69, 9.17) is 11.6 Å². The lowest BCUT2D eigenvalue weighted by Gasteiger charge is -2.29. The minimum Gasteiger partial charge on any atom is -0.303 e. The van der Waals surface area contributed by atoms with E-state index in [-0.39, 0.29) is 17.8 Å². The summed E-state index contributed by atoms with van der Waals surface area (Å²) in [5.41, 5.74) is 2.86. The van der Waals surface area contributed by atoms with E-state index in [1.165, 1.54) is 56.4 Å². The van der Waals surface area contributed by atoms with Gasteiger partial charge in [0.15, 0.2) is 0 Å². The van der Waals surface area contributed by atoms with Crippen LogP contribution in [0.4, 0.5) is 0 Å². The summed E-state index contributed by atoms with van der Waals surface area (Å²) in [6.07, 6.45) is 5.37. The van der Waals surface area contributed by atoms with Crippen LogP contribution in [0.3, 0.4) is 0 Å². The van der Waals surface area contributed by atoms with Gasteiger partial charge in [0.25, 0.3) is 0 Å². The molecule has 22 heavy (non-hydrogen) atoms. The molecule has 1 fully saturated rings. The first kappa shape index (κ1) is 19.8. The van der Waals surface area contributed by atoms with E-state index in [1.807, 2.05) is 0 Å². The van der Waals surface area contributed by atoms with Crippen LogP contribution in [0.15, 0.2) is 24.3 Å². The van der Waals surface area contributed by atoms with Crippen molar-refractivity contribution in [2.24, 2.45) is 5.92 Å². The van der Waals surface area contributed by atoms with Gasteiger partial charge in [0, 0.05) is 17.8 Å².